The number of nitrogens with one attached hydrogen (secondary N) is 1. The van der Waals surface area contributed by atoms with Crippen LogP contribution in [0, 0.1) is 0 Å². The van der Waals surface area contributed by atoms with Crippen molar-refractivity contribution in [3.63, 3.8) is 0 Å². The SMILES string of the molecule is Nc1nnc(CNS(=O)(=O)Cc2ccccc2)s1. The minimum atomic E-state index is -3.38. The lowest BCUT2D eigenvalue weighted by molar-refractivity contribution is 0.580. The Balaban J connectivity index is 1.96. The molecule has 0 fully saturated rings. The standard InChI is InChI=1S/C10H12N4O2S2/c11-10-14-13-9(17-10)6-12-18(15,16)7-8-4-2-1-3-5-8/h1-5,12H,6-7H2,(H2,11,14). The number of anilines is 1. The van der Waals surface area contributed by atoms with Gasteiger partial charge < -0.3 is 5.73 Å². The molecule has 0 spiro atoms. The van der Waals surface area contributed by atoms with Crippen LogP contribution < -0.4 is 10.5 Å². The topological polar surface area (TPSA) is 98.0 Å². The summed E-state index contributed by atoms with van der Waals surface area (Å²) in [5, 5.41) is 8.23. The summed E-state index contributed by atoms with van der Waals surface area (Å²) in [6.45, 7) is 0.115. The first kappa shape index (κ1) is 12.9. The Bertz CT molecular complexity index is 610. The molecule has 0 amide bonds. The lowest BCUT2D eigenvalue weighted by Gasteiger charge is -2.04. The van der Waals surface area contributed by atoms with Crippen LogP contribution in [0.4, 0.5) is 5.13 Å². The lowest BCUT2D eigenvalue weighted by atomic mass is 10.2. The van der Waals surface area contributed by atoms with E-state index < -0.39 is 10.0 Å². The zero-order valence-corrected chi connectivity index (χ0v) is 11.0. The first-order valence-corrected chi connectivity index (χ1v) is 7.61. The van der Waals surface area contributed by atoms with Crippen molar-refractivity contribution in [2.45, 2.75) is 12.3 Å². The van der Waals surface area contributed by atoms with Crippen LogP contribution in [-0.4, -0.2) is 18.6 Å². The zero-order valence-electron chi connectivity index (χ0n) is 9.41. The van der Waals surface area contributed by atoms with Gasteiger partial charge in [-0.15, -0.1) is 10.2 Å². The van der Waals surface area contributed by atoms with E-state index in [2.05, 4.69) is 14.9 Å². The fourth-order valence-corrected chi connectivity index (χ4v) is 3.08. The van der Waals surface area contributed by atoms with E-state index in [1.807, 2.05) is 6.07 Å². The minimum absolute atomic E-state index is 0.0534. The molecule has 0 atom stereocenters. The molecule has 0 saturated heterocycles. The van der Waals surface area contributed by atoms with Gasteiger partial charge in [-0.25, -0.2) is 13.1 Å². The highest BCUT2D eigenvalue weighted by Gasteiger charge is 2.12. The van der Waals surface area contributed by atoms with Crippen LogP contribution in [0.5, 0.6) is 0 Å². The van der Waals surface area contributed by atoms with Gasteiger partial charge in [0.25, 0.3) is 0 Å². The molecule has 18 heavy (non-hydrogen) atoms. The number of benzene rings is 1. The van der Waals surface area contributed by atoms with Crippen LogP contribution >= 0.6 is 11.3 Å². The molecular formula is C10H12N4O2S2. The second-order valence-corrected chi connectivity index (χ2v) is 6.50. The Hall–Kier alpha value is -1.51. The van der Waals surface area contributed by atoms with Crippen LogP contribution in [0.15, 0.2) is 30.3 Å². The molecule has 0 saturated carbocycles. The maximum atomic E-state index is 11.8. The van der Waals surface area contributed by atoms with E-state index in [1.54, 1.807) is 24.3 Å². The summed E-state index contributed by atoms with van der Waals surface area (Å²) >= 11 is 1.16. The van der Waals surface area contributed by atoms with Crippen molar-refractivity contribution >= 4 is 26.5 Å². The van der Waals surface area contributed by atoms with Crippen LogP contribution in [0.1, 0.15) is 10.6 Å². The smallest absolute Gasteiger partial charge is 0.216 e. The van der Waals surface area contributed by atoms with E-state index in [9.17, 15) is 8.42 Å². The zero-order chi connectivity index (χ0) is 13.0. The van der Waals surface area contributed by atoms with E-state index >= 15 is 0 Å². The first-order chi connectivity index (χ1) is 8.55. The van der Waals surface area contributed by atoms with Gasteiger partial charge in [0, 0.05) is 0 Å². The Morgan fingerprint density at radius 1 is 1.22 bits per heavy atom. The molecule has 2 rings (SSSR count). The number of nitrogens with zero attached hydrogens (tertiary/aromatic N) is 2. The average molecular weight is 284 g/mol. The number of hydrogen-bond donors (Lipinski definition) is 2. The second-order valence-electron chi connectivity index (χ2n) is 3.60. The van der Waals surface area contributed by atoms with Crippen LogP contribution in [0.3, 0.4) is 0 Å². The van der Waals surface area contributed by atoms with Gasteiger partial charge >= 0.3 is 0 Å². The van der Waals surface area contributed by atoms with Crippen molar-refractivity contribution < 1.29 is 8.42 Å². The van der Waals surface area contributed by atoms with Crippen molar-refractivity contribution in [3.8, 4) is 0 Å². The third kappa shape index (κ3) is 3.76. The molecule has 1 heterocycles. The monoisotopic (exact) mass is 284 g/mol. The summed E-state index contributed by atoms with van der Waals surface area (Å²) in [6, 6.07) is 8.98. The fourth-order valence-electron chi connectivity index (χ4n) is 1.35. The van der Waals surface area contributed by atoms with Gasteiger partial charge in [0.15, 0.2) is 0 Å². The summed E-state index contributed by atoms with van der Waals surface area (Å²) in [5.41, 5.74) is 6.15. The van der Waals surface area contributed by atoms with Gasteiger partial charge in [0.05, 0.1) is 12.3 Å². The largest absolute Gasteiger partial charge is 0.374 e. The Kier molecular flexibility index (Phi) is 3.90. The minimum Gasteiger partial charge on any atom is -0.374 e. The average Bonchev–Trinajstić information content (AvgIpc) is 2.74. The van der Waals surface area contributed by atoms with Gasteiger partial charge in [-0.2, -0.15) is 0 Å². The normalized spacial score (nSPS) is 11.6. The fraction of sp³-hybridized carbons (Fsp3) is 0.200. The maximum absolute atomic E-state index is 11.8. The van der Waals surface area contributed by atoms with Gasteiger partial charge in [0.1, 0.15) is 5.01 Å². The summed E-state index contributed by atoms with van der Waals surface area (Å²) in [4.78, 5) is 0. The molecule has 1 aromatic carbocycles. The number of rotatable bonds is 5. The summed E-state index contributed by atoms with van der Waals surface area (Å²) in [7, 11) is -3.38. The third-order valence-electron chi connectivity index (χ3n) is 2.13. The van der Waals surface area contributed by atoms with Gasteiger partial charge in [0.2, 0.25) is 15.2 Å². The quantitative estimate of drug-likeness (QED) is 0.844. The van der Waals surface area contributed by atoms with E-state index in [0.29, 0.717) is 10.1 Å². The van der Waals surface area contributed by atoms with Crippen LogP contribution in [0.25, 0.3) is 0 Å². The van der Waals surface area contributed by atoms with Crippen molar-refractivity contribution in [2.24, 2.45) is 0 Å². The van der Waals surface area contributed by atoms with Crippen molar-refractivity contribution in [2.75, 3.05) is 5.73 Å². The van der Waals surface area contributed by atoms with Crippen molar-refractivity contribution in [3.05, 3.63) is 40.9 Å². The molecule has 0 bridgehead atoms. The highest BCUT2D eigenvalue weighted by molar-refractivity contribution is 7.88. The predicted molar refractivity (Wildman–Crippen MR) is 70.2 cm³/mol. The molecule has 2 aromatic rings. The Morgan fingerprint density at radius 3 is 2.56 bits per heavy atom. The Labute approximate surface area is 109 Å². The second kappa shape index (κ2) is 5.42. The first-order valence-electron chi connectivity index (χ1n) is 5.14. The summed E-state index contributed by atoms with van der Waals surface area (Å²) in [5.74, 6) is -0.0534. The number of aromatic nitrogens is 2. The van der Waals surface area contributed by atoms with Gasteiger partial charge in [-0.05, 0) is 5.56 Å². The highest BCUT2D eigenvalue weighted by atomic mass is 32.2. The van der Waals surface area contributed by atoms with E-state index in [4.69, 9.17) is 5.73 Å². The van der Waals surface area contributed by atoms with E-state index in [0.717, 1.165) is 16.9 Å². The van der Waals surface area contributed by atoms with Crippen LogP contribution in [-0.2, 0) is 22.3 Å². The molecule has 6 nitrogen and oxygen atoms in total. The van der Waals surface area contributed by atoms with Crippen LogP contribution in [0.2, 0.25) is 0 Å². The number of hydrogen-bond acceptors (Lipinski definition) is 6. The van der Waals surface area contributed by atoms with Gasteiger partial charge in [-0.1, -0.05) is 41.7 Å². The summed E-state index contributed by atoms with van der Waals surface area (Å²) < 4.78 is 26.1. The number of nitrogen functional groups attached to an aromatic ring is 1. The molecule has 0 aliphatic rings. The maximum Gasteiger partial charge on any atom is 0.216 e. The van der Waals surface area contributed by atoms with Crippen molar-refractivity contribution in [1.29, 1.82) is 0 Å². The lowest BCUT2D eigenvalue weighted by Crippen LogP contribution is -2.24. The molecule has 0 radical (unpaired) electrons. The predicted octanol–water partition coefficient (Wildman–Crippen LogP) is 0.740. The molecule has 1 aromatic heterocycles. The highest BCUT2D eigenvalue weighted by Crippen LogP contribution is 2.11. The molecule has 3 N–H and O–H groups in total. The number of nitrogens with two attached hydrogens (primary N) is 1. The molecule has 0 aliphatic carbocycles. The van der Waals surface area contributed by atoms with Gasteiger partial charge in [-0.3, -0.25) is 0 Å². The summed E-state index contributed by atoms with van der Waals surface area (Å²) in [6.07, 6.45) is 0. The third-order valence-corrected chi connectivity index (χ3v) is 4.18. The number of sulfonamides is 1. The van der Waals surface area contributed by atoms with Crippen molar-refractivity contribution in [1.82, 2.24) is 14.9 Å². The molecule has 8 heteroatoms. The molecule has 0 unspecified atom stereocenters. The Morgan fingerprint density at radius 2 is 1.94 bits per heavy atom. The molecular weight excluding hydrogens is 272 g/mol. The van der Waals surface area contributed by atoms with E-state index in [-0.39, 0.29) is 12.3 Å². The van der Waals surface area contributed by atoms with E-state index in [1.165, 1.54) is 0 Å². The molecule has 96 valence electrons. The molecule has 0 aliphatic heterocycles.